The molecule has 1 fully saturated rings. The van der Waals surface area contributed by atoms with Crippen molar-refractivity contribution in [3.8, 4) is 0 Å². The fourth-order valence-electron chi connectivity index (χ4n) is 6.21. The highest BCUT2D eigenvalue weighted by atomic mass is 32.3. The van der Waals surface area contributed by atoms with Crippen LogP contribution in [0.5, 0.6) is 0 Å². The van der Waals surface area contributed by atoms with E-state index in [1.54, 1.807) is 12.2 Å². The average molecular weight is 792 g/mol. The predicted molar refractivity (Wildman–Crippen MR) is 210 cm³/mol. The highest BCUT2D eigenvalue weighted by molar-refractivity contribution is 7.80. The number of hydrogen-bond acceptors (Lipinski definition) is 11. The van der Waals surface area contributed by atoms with E-state index in [1.165, 1.54) is 89.5 Å². The molecule has 316 valence electrons. The van der Waals surface area contributed by atoms with E-state index < -0.39 is 78.5 Å². The van der Waals surface area contributed by atoms with E-state index in [9.17, 15) is 38.7 Å². The molecule has 1 heterocycles. The third kappa shape index (κ3) is 24.0. The van der Waals surface area contributed by atoms with Crippen LogP contribution in [0.25, 0.3) is 0 Å². The van der Waals surface area contributed by atoms with Crippen LogP contribution in [0.2, 0.25) is 0 Å². The summed E-state index contributed by atoms with van der Waals surface area (Å²) in [6, 6.07) is -1.15. The second-order valence-corrected chi connectivity index (χ2v) is 15.4. The minimum Gasteiger partial charge on any atom is -0.394 e. The van der Waals surface area contributed by atoms with Crippen molar-refractivity contribution in [2.24, 2.45) is 0 Å². The average Bonchev–Trinajstić information content (AvgIpc) is 3.14. The van der Waals surface area contributed by atoms with E-state index in [-0.39, 0.29) is 6.42 Å². The van der Waals surface area contributed by atoms with Crippen molar-refractivity contribution >= 4 is 16.3 Å². The SMILES string of the molecule is CCCCCCCC/C=C\C/C=C\CC(O)C(=O)NC(COC1OC(CO)C(O)C(OS(=O)(=O)O)C1O)C(O)/C=C/CCCCCCCCCCCCC. The Morgan fingerprint density at radius 2 is 1.28 bits per heavy atom. The molecule has 14 heteroatoms. The largest absolute Gasteiger partial charge is 0.397 e. The van der Waals surface area contributed by atoms with Crippen molar-refractivity contribution in [2.75, 3.05) is 13.2 Å². The van der Waals surface area contributed by atoms with Gasteiger partial charge in [0.05, 0.1) is 25.4 Å². The highest BCUT2D eigenvalue weighted by Gasteiger charge is 2.48. The molecule has 1 aliphatic heterocycles. The van der Waals surface area contributed by atoms with E-state index in [2.05, 4.69) is 35.5 Å². The maximum Gasteiger partial charge on any atom is 0.397 e. The molecule has 13 nitrogen and oxygen atoms in total. The summed E-state index contributed by atoms with van der Waals surface area (Å²) >= 11 is 0. The molecule has 0 bridgehead atoms. The van der Waals surface area contributed by atoms with Crippen LogP contribution in [0.3, 0.4) is 0 Å². The molecule has 1 rings (SSSR count). The van der Waals surface area contributed by atoms with E-state index >= 15 is 0 Å². The third-order valence-corrected chi connectivity index (χ3v) is 10.00. The lowest BCUT2D eigenvalue weighted by atomic mass is 9.99. The van der Waals surface area contributed by atoms with E-state index in [1.807, 2.05) is 6.08 Å². The number of rotatable bonds is 33. The number of ether oxygens (including phenoxy) is 2. The first-order valence-corrected chi connectivity index (χ1v) is 21.8. The van der Waals surface area contributed by atoms with Crippen LogP contribution in [0.15, 0.2) is 36.5 Å². The maximum atomic E-state index is 13.0. The number of aliphatic hydroxyl groups is 5. The molecule has 7 N–H and O–H groups in total. The monoisotopic (exact) mass is 791 g/mol. The lowest BCUT2D eigenvalue weighted by molar-refractivity contribution is -0.298. The molecule has 1 amide bonds. The Morgan fingerprint density at radius 1 is 0.759 bits per heavy atom. The van der Waals surface area contributed by atoms with Gasteiger partial charge in [0, 0.05) is 6.42 Å². The number of aliphatic hydroxyl groups excluding tert-OH is 5. The van der Waals surface area contributed by atoms with Gasteiger partial charge in [-0.3, -0.25) is 9.35 Å². The highest BCUT2D eigenvalue weighted by Crippen LogP contribution is 2.26. The molecule has 54 heavy (non-hydrogen) atoms. The van der Waals surface area contributed by atoms with Crippen LogP contribution in [0, 0.1) is 0 Å². The molecule has 0 spiro atoms. The van der Waals surface area contributed by atoms with Gasteiger partial charge >= 0.3 is 10.4 Å². The minimum absolute atomic E-state index is 0.0324. The standard InChI is InChI=1S/C40H73NO12S/c1-3-5-7-9-11-13-15-17-19-20-22-24-26-28-33(43)32(31-51-40-37(46)38(53-54(48,49)50)36(45)35(30-42)52-40)41-39(47)34(44)29-27-25-23-21-18-16-14-12-10-8-6-4-2/h18,21,25-28,32-38,40,42-46H,3-17,19-20,22-24,29-31H2,1-2H3,(H,41,47)(H,48,49,50)/b21-18-,27-25-,28-26+. The smallest absolute Gasteiger partial charge is 0.394 e. The number of nitrogens with one attached hydrogen (secondary N) is 1. The molecule has 1 saturated heterocycles. The van der Waals surface area contributed by atoms with Crippen LogP contribution < -0.4 is 5.32 Å². The summed E-state index contributed by atoms with van der Waals surface area (Å²) in [5, 5.41) is 54.8. The van der Waals surface area contributed by atoms with Gasteiger partial charge in [-0.25, -0.2) is 4.18 Å². The van der Waals surface area contributed by atoms with E-state index in [0.29, 0.717) is 12.8 Å². The summed E-state index contributed by atoms with van der Waals surface area (Å²) in [5.74, 6) is -0.772. The zero-order valence-corrected chi connectivity index (χ0v) is 33.7. The number of amides is 1. The Labute approximate surface area is 325 Å². The molecule has 0 aromatic rings. The molecule has 0 saturated carbocycles. The van der Waals surface area contributed by atoms with Crippen LogP contribution in [-0.2, 0) is 28.9 Å². The van der Waals surface area contributed by atoms with Gasteiger partial charge in [0.2, 0.25) is 5.91 Å². The van der Waals surface area contributed by atoms with Gasteiger partial charge in [0.15, 0.2) is 6.29 Å². The van der Waals surface area contributed by atoms with Crippen LogP contribution in [0.4, 0.5) is 0 Å². The number of hydrogen-bond donors (Lipinski definition) is 7. The quantitative estimate of drug-likeness (QED) is 0.0241. The number of carbonyl (C=O) groups excluding carboxylic acids is 1. The first-order chi connectivity index (χ1) is 25.9. The molecule has 1 aliphatic rings. The summed E-state index contributed by atoms with van der Waals surface area (Å²) < 4.78 is 47.3. The van der Waals surface area contributed by atoms with Gasteiger partial charge in [-0.15, -0.1) is 0 Å². The Morgan fingerprint density at radius 3 is 1.81 bits per heavy atom. The molecule has 0 radical (unpaired) electrons. The van der Waals surface area contributed by atoms with Crippen LogP contribution in [-0.4, -0.2) is 107 Å². The Balaban J connectivity index is 2.74. The Hall–Kier alpha value is -1.72. The van der Waals surface area contributed by atoms with Crippen LogP contribution in [0.1, 0.15) is 149 Å². The lowest BCUT2D eigenvalue weighted by Crippen LogP contribution is -2.61. The second kappa shape index (κ2) is 31.4. The zero-order valence-electron chi connectivity index (χ0n) is 32.9. The molecule has 0 aromatic carbocycles. The summed E-state index contributed by atoms with van der Waals surface area (Å²) in [4.78, 5) is 13.0. The van der Waals surface area contributed by atoms with Gasteiger partial charge in [-0.1, -0.05) is 147 Å². The van der Waals surface area contributed by atoms with Gasteiger partial charge in [-0.05, 0) is 32.1 Å². The number of allylic oxidation sites excluding steroid dienone is 4. The summed E-state index contributed by atoms with van der Waals surface area (Å²) in [6.07, 6.45) is 22.6. The van der Waals surface area contributed by atoms with Crippen molar-refractivity contribution in [3.05, 3.63) is 36.5 Å². The summed E-state index contributed by atoms with van der Waals surface area (Å²) in [7, 11) is -5.12. The first-order valence-electron chi connectivity index (χ1n) is 20.5. The summed E-state index contributed by atoms with van der Waals surface area (Å²) in [5.41, 5.74) is 0. The third-order valence-electron chi connectivity index (χ3n) is 9.53. The van der Waals surface area contributed by atoms with Crippen molar-refractivity contribution in [3.63, 3.8) is 0 Å². The molecular formula is C40H73NO12S. The minimum atomic E-state index is -5.12. The predicted octanol–water partition coefficient (Wildman–Crippen LogP) is 5.74. The zero-order chi connectivity index (χ0) is 40.0. The topological polar surface area (TPSA) is 212 Å². The van der Waals surface area contributed by atoms with Gasteiger partial charge in [-0.2, -0.15) is 8.42 Å². The van der Waals surface area contributed by atoms with Crippen molar-refractivity contribution in [1.82, 2.24) is 5.32 Å². The number of carbonyl (C=O) groups is 1. The fourth-order valence-corrected chi connectivity index (χ4v) is 6.72. The number of unbranched alkanes of at least 4 members (excludes halogenated alkanes) is 17. The Bertz CT molecular complexity index is 1130. The van der Waals surface area contributed by atoms with Gasteiger partial charge in [0.25, 0.3) is 0 Å². The van der Waals surface area contributed by atoms with Crippen molar-refractivity contribution in [2.45, 2.75) is 198 Å². The molecule has 8 unspecified atom stereocenters. The van der Waals surface area contributed by atoms with Gasteiger partial charge < -0.3 is 40.3 Å². The normalized spacial score (nSPS) is 22.7. The molecule has 8 atom stereocenters. The van der Waals surface area contributed by atoms with Crippen molar-refractivity contribution in [1.29, 1.82) is 0 Å². The van der Waals surface area contributed by atoms with E-state index in [0.717, 1.165) is 32.1 Å². The second-order valence-electron chi connectivity index (χ2n) is 14.4. The molecule has 0 aliphatic carbocycles. The van der Waals surface area contributed by atoms with Gasteiger partial charge in [0.1, 0.15) is 30.5 Å². The first kappa shape index (κ1) is 50.3. The van der Waals surface area contributed by atoms with Crippen LogP contribution >= 0.6 is 0 Å². The van der Waals surface area contributed by atoms with Crippen molar-refractivity contribution < 1.29 is 57.0 Å². The maximum absolute atomic E-state index is 13.0. The van der Waals surface area contributed by atoms with E-state index in [4.69, 9.17) is 14.0 Å². The summed E-state index contributed by atoms with van der Waals surface area (Å²) in [6.45, 7) is 3.12. The molecular weight excluding hydrogens is 719 g/mol. The lowest BCUT2D eigenvalue weighted by Gasteiger charge is -2.41. The molecule has 0 aromatic heterocycles. The fraction of sp³-hybridized carbons (Fsp3) is 0.825. The Kier molecular flexibility index (Phi) is 29.2.